The van der Waals surface area contributed by atoms with E-state index in [0.717, 1.165) is 60.1 Å². The van der Waals surface area contributed by atoms with Gasteiger partial charge in [-0.2, -0.15) is 30.9 Å². The zero-order chi connectivity index (χ0) is 68.8. The maximum atomic E-state index is 13.9. The van der Waals surface area contributed by atoms with E-state index in [0.29, 0.717) is 100 Å². The number of nitrogens with two attached hydrogens (primary N) is 3. The third-order valence-corrected chi connectivity index (χ3v) is 17.6. The van der Waals surface area contributed by atoms with Crippen LogP contribution in [-0.4, -0.2) is 109 Å². The molecule has 0 radical (unpaired) electrons. The van der Waals surface area contributed by atoms with Crippen LogP contribution in [0.25, 0.3) is 66.2 Å². The summed E-state index contributed by atoms with van der Waals surface area (Å²) in [5, 5.41) is 44.2. The molecule has 1 amide bonds. The largest absolute Gasteiger partial charge is 0.457 e. The first-order chi connectivity index (χ1) is 48.1. The number of carbonyl (C=O) groups excluding carboxylic acids is 1. The number of likely N-dealkylation sites (tertiary alicyclic amines) is 3. The number of aromatic nitrogens is 10. The average molecular weight is 1330 g/mol. The van der Waals surface area contributed by atoms with Gasteiger partial charge in [0.05, 0.1) is 34.3 Å². The van der Waals surface area contributed by atoms with Gasteiger partial charge in [0.25, 0.3) is 16.7 Å². The number of fused-ring (bicyclic) bond motifs is 3. The second-order valence-corrected chi connectivity index (χ2v) is 23.8. The number of carbonyl (C=O) groups is 1. The van der Waals surface area contributed by atoms with Crippen LogP contribution in [0.2, 0.25) is 0 Å². The number of ether oxygens (including phenoxy) is 3. The van der Waals surface area contributed by atoms with Crippen molar-refractivity contribution in [2.75, 3.05) is 56.5 Å². The van der Waals surface area contributed by atoms with Crippen molar-refractivity contribution in [3.63, 3.8) is 0 Å². The Hall–Kier alpha value is -13.0. The molecular formula is C72H64F2N18O7. The zero-order valence-electron chi connectivity index (χ0n) is 53.1. The van der Waals surface area contributed by atoms with Crippen molar-refractivity contribution >= 4 is 56.1 Å². The normalized spacial score (nSPS) is 15.9. The monoisotopic (exact) mass is 1330 g/mol. The summed E-state index contributed by atoms with van der Waals surface area (Å²) >= 11 is 0. The van der Waals surface area contributed by atoms with Gasteiger partial charge < -0.3 is 55.2 Å². The maximum absolute atomic E-state index is 13.9. The first-order valence-corrected chi connectivity index (χ1v) is 31.8. The van der Waals surface area contributed by atoms with E-state index < -0.39 is 17.2 Å². The molecule has 498 valence electrons. The predicted molar refractivity (Wildman–Crippen MR) is 369 cm³/mol. The number of hydrogen-bond donors (Lipinski definition) is 6. The van der Waals surface area contributed by atoms with E-state index in [4.69, 9.17) is 36.5 Å². The van der Waals surface area contributed by atoms with E-state index in [1.165, 1.54) is 18.2 Å². The van der Waals surface area contributed by atoms with Gasteiger partial charge >= 0.3 is 0 Å². The number of para-hydroxylation sites is 3. The second-order valence-electron chi connectivity index (χ2n) is 23.8. The number of H-pyrrole nitrogens is 3. The van der Waals surface area contributed by atoms with Crippen LogP contribution in [-0.2, 0) is 4.79 Å². The number of nitrogens with one attached hydrogen (secondary N) is 3. The molecule has 3 aliphatic heterocycles. The Morgan fingerprint density at radius 3 is 1.45 bits per heavy atom. The minimum Gasteiger partial charge on any atom is -0.457 e. The number of anilines is 3. The van der Waals surface area contributed by atoms with Crippen molar-refractivity contribution in [3.8, 4) is 80.4 Å². The van der Waals surface area contributed by atoms with Crippen LogP contribution >= 0.6 is 0 Å². The Labute approximate surface area is 562 Å². The number of nitriles is 2. The summed E-state index contributed by atoms with van der Waals surface area (Å²) in [5.74, 6) is 2.21. The fraction of sp³-hybridized carbons (Fsp3) is 0.194. The van der Waals surface area contributed by atoms with Crippen molar-refractivity contribution < 1.29 is 27.8 Å². The van der Waals surface area contributed by atoms with Gasteiger partial charge in [-0.1, -0.05) is 73.3 Å². The lowest BCUT2D eigenvalue weighted by molar-refractivity contribution is -0.127. The van der Waals surface area contributed by atoms with E-state index in [1.54, 1.807) is 92.2 Å². The molecule has 3 saturated heterocycles. The molecule has 3 atom stereocenters. The molecular weight excluding hydrogens is 1270 g/mol. The number of benzene rings is 6. The van der Waals surface area contributed by atoms with Crippen LogP contribution in [0.4, 0.5) is 26.2 Å². The fourth-order valence-corrected chi connectivity index (χ4v) is 12.9. The summed E-state index contributed by atoms with van der Waals surface area (Å²) in [5.41, 5.74) is 23.2. The number of piperidine rings is 2. The van der Waals surface area contributed by atoms with Crippen LogP contribution < -0.4 is 48.1 Å². The standard InChI is InChI=1S/C25H23FN6O3.C24H21FN6O2.C23H20N6O2/c1-2-20(33)31-13-5-6-16(14-31)32-23-21(24(27)28-29-25(23)34)22(30-32)15-9-11-17(12-10-15)35-19-8-4-3-7-18(19)26;25-19-5-1-2-6-20(19)33-17-9-7-15(8-10-17)18-13-31(16-4-3-11-30(12-16)14-26)22-21(18)23(27)28-29-24(22)32;24-14-28-11-10-16(12-28)29-13-19(20-21(29)23(30)27-26-22(20)25)15-6-8-18(9-7-15)31-17-4-2-1-3-5-17/h2-4,7-12,16H,1,5-6,13-14H2,(H2,27,28)(H,29,34);1-2,5-10,13,16H,3-4,11-12H2,(H2,27,28)(H,29,32);1-9,13,16H,10-12H2,(H2,25,26)(H,27,30)/t16-;;16-/m1.1/s1. The number of nitrogens with zero attached hydrogens (tertiary/aromatic N) is 12. The topological polar surface area (TPSA) is 345 Å². The molecule has 3 fully saturated rings. The lowest BCUT2D eigenvalue weighted by Gasteiger charge is -2.32. The Morgan fingerprint density at radius 2 is 0.949 bits per heavy atom. The Bertz CT molecular complexity index is 5270. The second kappa shape index (κ2) is 28.1. The van der Waals surface area contributed by atoms with Crippen LogP contribution in [0, 0.1) is 34.5 Å². The van der Waals surface area contributed by atoms with Crippen molar-refractivity contribution in [1.82, 2.24) is 64.2 Å². The molecule has 6 aromatic heterocycles. The Balaban J connectivity index is 0.000000134. The lowest BCUT2D eigenvalue weighted by atomic mass is 10.1. The third-order valence-electron chi connectivity index (χ3n) is 17.6. The predicted octanol–water partition coefficient (Wildman–Crippen LogP) is 11.2. The first-order valence-electron chi connectivity index (χ1n) is 31.8. The van der Waals surface area contributed by atoms with Crippen LogP contribution in [0.5, 0.6) is 34.5 Å². The zero-order valence-corrected chi connectivity index (χ0v) is 53.1. The molecule has 1 unspecified atom stereocenters. The Kier molecular flexibility index (Phi) is 18.4. The van der Waals surface area contributed by atoms with Gasteiger partial charge in [-0.15, -0.1) is 0 Å². The number of halogens is 2. The van der Waals surface area contributed by atoms with Gasteiger partial charge in [0.1, 0.15) is 45.2 Å². The summed E-state index contributed by atoms with van der Waals surface area (Å²) in [4.78, 5) is 55.5. The molecule has 15 rings (SSSR count). The maximum Gasteiger partial charge on any atom is 0.290 e. The van der Waals surface area contributed by atoms with Gasteiger partial charge in [0.2, 0.25) is 5.91 Å². The molecule has 0 aliphatic carbocycles. The fourth-order valence-electron chi connectivity index (χ4n) is 12.9. The minimum atomic E-state index is -0.462. The summed E-state index contributed by atoms with van der Waals surface area (Å²) < 4.78 is 50.5. The summed E-state index contributed by atoms with van der Waals surface area (Å²) in [6.07, 6.45) is 13.5. The van der Waals surface area contributed by atoms with Gasteiger partial charge in [0, 0.05) is 68.4 Å². The van der Waals surface area contributed by atoms with Crippen molar-refractivity contribution in [2.45, 2.75) is 50.2 Å². The molecule has 9 heterocycles. The minimum absolute atomic E-state index is 0.0134. The molecule has 0 spiro atoms. The van der Waals surface area contributed by atoms with Crippen LogP contribution in [0.15, 0.2) is 191 Å². The number of amides is 1. The van der Waals surface area contributed by atoms with E-state index in [9.17, 15) is 38.5 Å². The van der Waals surface area contributed by atoms with E-state index in [1.807, 2.05) is 88.3 Å². The number of rotatable bonds is 13. The number of nitrogen functional groups attached to an aromatic ring is 3. The Morgan fingerprint density at radius 1 is 0.515 bits per heavy atom. The van der Waals surface area contributed by atoms with Crippen LogP contribution in [0.1, 0.15) is 50.2 Å². The smallest absolute Gasteiger partial charge is 0.290 e. The molecule has 9 N–H and O–H groups in total. The SMILES string of the molecule is C=CC(=O)N1CCC[C@@H](n2nc(-c3ccc(Oc4ccccc4F)cc3)c3c(N)n[nH]c(=O)c32)C1.N#CN1CCCC(n2cc(-c3ccc(Oc4ccccc4F)cc3)c3c(N)n[nH]c(=O)c32)C1.N#CN1CC[C@@H](n2cc(-c3ccc(Oc4ccccc4)cc3)c3c(N)n[nH]c(=O)c32)C1. The van der Waals surface area contributed by atoms with Gasteiger partial charge in [-0.25, -0.2) is 24.1 Å². The highest BCUT2D eigenvalue weighted by Gasteiger charge is 2.31. The average Bonchev–Trinajstić information content (AvgIpc) is 1.62. The molecule has 0 bridgehead atoms. The highest BCUT2D eigenvalue weighted by atomic mass is 19.1. The third kappa shape index (κ3) is 13.4. The van der Waals surface area contributed by atoms with Gasteiger partial charge in [0.15, 0.2) is 53.0 Å². The molecule has 25 nitrogen and oxygen atoms in total. The molecule has 12 aromatic rings. The number of aromatic amines is 3. The quantitative estimate of drug-likeness (QED) is 0.0461. The highest BCUT2D eigenvalue weighted by Crippen LogP contribution is 2.40. The van der Waals surface area contributed by atoms with E-state index in [2.05, 4.69) is 49.6 Å². The number of hydrogen-bond acceptors (Lipinski definition) is 18. The van der Waals surface area contributed by atoms with E-state index in [-0.39, 0.29) is 64.1 Å². The lowest BCUT2D eigenvalue weighted by Crippen LogP contribution is -2.40. The molecule has 99 heavy (non-hydrogen) atoms. The first kappa shape index (κ1) is 64.7. The van der Waals surface area contributed by atoms with Crippen molar-refractivity contribution in [2.24, 2.45) is 0 Å². The summed E-state index contributed by atoms with van der Waals surface area (Å²) in [6.45, 7) is 7.05. The summed E-state index contributed by atoms with van der Waals surface area (Å²) in [7, 11) is 0. The van der Waals surface area contributed by atoms with E-state index >= 15 is 0 Å². The molecule has 6 aromatic carbocycles. The van der Waals surface area contributed by atoms with Gasteiger partial charge in [-0.05, 0) is 134 Å². The molecule has 3 aliphatic rings. The molecule has 0 saturated carbocycles. The molecule has 27 heteroatoms. The van der Waals surface area contributed by atoms with Crippen LogP contribution in [0.3, 0.4) is 0 Å². The van der Waals surface area contributed by atoms with Gasteiger partial charge in [-0.3, -0.25) is 23.9 Å². The van der Waals surface area contributed by atoms with Crippen molar-refractivity contribution in [1.29, 1.82) is 10.5 Å². The van der Waals surface area contributed by atoms with Crippen molar-refractivity contribution in [3.05, 3.63) is 219 Å². The highest BCUT2D eigenvalue weighted by molar-refractivity contribution is 6.03. The summed E-state index contributed by atoms with van der Waals surface area (Å²) in [6, 6.07) is 43.4.